The number of amides is 1. The van der Waals surface area contributed by atoms with Crippen molar-refractivity contribution in [1.82, 2.24) is 14.9 Å². The molecular formula is C25H22ClN3OS. The summed E-state index contributed by atoms with van der Waals surface area (Å²) in [7, 11) is 0. The van der Waals surface area contributed by atoms with Crippen LogP contribution in [0.5, 0.6) is 0 Å². The van der Waals surface area contributed by atoms with Gasteiger partial charge in [-0.3, -0.25) is 4.79 Å². The molecule has 0 saturated heterocycles. The van der Waals surface area contributed by atoms with Crippen LogP contribution in [0.25, 0.3) is 11.0 Å². The maximum Gasteiger partial charge on any atom is 0.238 e. The highest BCUT2D eigenvalue weighted by Crippen LogP contribution is 2.38. The number of carbonyl (C=O) groups is 1. The van der Waals surface area contributed by atoms with Crippen molar-refractivity contribution in [2.45, 2.75) is 35.8 Å². The van der Waals surface area contributed by atoms with Crippen LogP contribution in [-0.2, 0) is 11.3 Å². The summed E-state index contributed by atoms with van der Waals surface area (Å²) in [4.78, 5) is 18.0. The molecule has 1 saturated carbocycles. The van der Waals surface area contributed by atoms with Crippen molar-refractivity contribution in [3.05, 3.63) is 95.0 Å². The molecule has 31 heavy (non-hydrogen) atoms. The van der Waals surface area contributed by atoms with Crippen LogP contribution in [0.3, 0.4) is 0 Å². The van der Waals surface area contributed by atoms with Crippen LogP contribution in [0, 0.1) is 0 Å². The molecule has 1 aliphatic carbocycles. The monoisotopic (exact) mass is 447 g/mol. The third-order valence-electron chi connectivity index (χ3n) is 5.35. The molecule has 1 N–H and O–H groups in total. The molecular weight excluding hydrogens is 426 g/mol. The highest BCUT2D eigenvalue weighted by atomic mass is 35.5. The van der Waals surface area contributed by atoms with E-state index in [9.17, 15) is 4.79 Å². The van der Waals surface area contributed by atoms with Crippen LogP contribution in [-0.4, -0.2) is 21.5 Å². The molecule has 5 rings (SSSR count). The lowest BCUT2D eigenvalue weighted by Gasteiger charge is -2.17. The Labute approximate surface area is 190 Å². The van der Waals surface area contributed by atoms with Gasteiger partial charge < -0.3 is 9.88 Å². The first-order valence-corrected chi connectivity index (χ1v) is 11.6. The molecule has 0 bridgehead atoms. The smallest absolute Gasteiger partial charge is 0.238 e. The van der Waals surface area contributed by atoms with E-state index in [1.165, 1.54) is 17.3 Å². The van der Waals surface area contributed by atoms with E-state index in [-0.39, 0.29) is 11.2 Å². The minimum atomic E-state index is -0.372. The van der Waals surface area contributed by atoms with Crippen molar-refractivity contribution < 1.29 is 4.79 Å². The zero-order valence-corrected chi connectivity index (χ0v) is 18.4. The number of rotatable bonds is 7. The number of nitrogens with one attached hydrogen (secondary N) is 1. The van der Waals surface area contributed by atoms with Gasteiger partial charge in [0.2, 0.25) is 5.91 Å². The summed E-state index contributed by atoms with van der Waals surface area (Å²) in [5, 5.41) is 4.25. The number of imidazole rings is 1. The summed E-state index contributed by atoms with van der Waals surface area (Å²) in [6.45, 7) is 0.674. The van der Waals surface area contributed by atoms with Crippen molar-refractivity contribution in [2.24, 2.45) is 0 Å². The maximum absolute atomic E-state index is 13.1. The van der Waals surface area contributed by atoms with Crippen molar-refractivity contribution in [1.29, 1.82) is 0 Å². The molecule has 0 radical (unpaired) electrons. The number of benzene rings is 3. The standard InChI is InChI=1S/C25H22ClN3OS/c26-19-11-14-22-21(15-19)28-25(29(22)16-17-7-3-1-4-8-17)31-23(18-9-5-2-6-10-18)24(30)27-20-12-13-20/h1-11,14-15,20,23H,12-13,16H2,(H,27,30)/t23-/m0/s1. The second kappa shape index (κ2) is 8.77. The number of hydrogen-bond acceptors (Lipinski definition) is 3. The number of hydrogen-bond donors (Lipinski definition) is 1. The SMILES string of the molecule is O=C(NC1CC1)[C@@H](Sc1nc2cc(Cl)ccc2n1Cc1ccccc1)c1ccccc1. The van der Waals surface area contributed by atoms with Crippen LogP contribution in [0.2, 0.25) is 5.02 Å². The zero-order chi connectivity index (χ0) is 21.2. The molecule has 0 unspecified atom stereocenters. The average Bonchev–Trinajstić information content (AvgIpc) is 3.54. The van der Waals surface area contributed by atoms with Crippen LogP contribution in [0.1, 0.15) is 29.2 Å². The summed E-state index contributed by atoms with van der Waals surface area (Å²) in [6.07, 6.45) is 2.12. The Morgan fingerprint density at radius 3 is 2.48 bits per heavy atom. The minimum absolute atomic E-state index is 0.0371. The van der Waals surface area contributed by atoms with Gasteiger partial charge in [0.25, 0.3) is 0 Å². The maximum atomic E-state index is 13.1. The lowest BCUT2D eigenvalue weighted by atomic mass is 10.1. The molecule has 0 spiro atoms. The van der Waals surface area contributed by atoms with E-state index in [4.69, 9.17) is 16.6 Å². The Kier molecular flexibility index (Phi) is 5.70. The molecule has 4 aromatic rings. The molecule has 1 atom stereocenters. The van der Waals surface area contributed by atoms with Crippen molar-refractivity contribution in [3.63, 3.8) is 0 Å². The van der Waals surface area contributed by atoms with E-state index < -0.39 is 0 Å². The van der Waals surface area contributed by atoms with Gasteiger partial charge in [0, 0.05) is 11.1 Å². The van der Waals surface area contributed by atoms with Gasteiger partial charge in [-0.15, -0.1) is 0 Å². The number of aromatic nitrogens is 2. The van der Waals surface area contributed by atoms with Crippen LogP contribution in [0.15, 0.2) is 84.0 Å². The van der Waals surface area contributed by atoms with Crippen molar-refractivity contribution >= 4 is 40.3 Å². The van der Waals surface area contributed by atoms with E-state index >= 15 is 0 Å². The lowest BCUT2D eigenvalue weighted by Crippen LogP contribution is -2.30. The number of halogens is 1. The van der Waals surface area contributed by atoms with E-state index in [1.54, 1.807) is 0 Å². The number of carbonyl (C=O) groups excluding carboxylic acids is 1. The summed E-state index contributed by atoms with van der Waals surface area (Å²) >= 11 is 7.73. The van der Waals surface area contributed by atoms with E-state index in [1.807, 2.05) is 66.7 Å². The lowest BCUT2D eigenvalue weighted by molar-refractivity contribution is -0.120. The fraction of sp³-hybridized carbons (Fsp3) is 0.200. The van der Waals surface area contributed by atoms with Gasteiger partial charge in [-0.05, 0) is 42.2 Å². The first-order valence-electron chi connectivity index (χ1n) is 10.4. The molecule has 156 valence electrons. The summed E-state index contributed by atoms with van der Waals surface area (Å²) in [5.41, 5.74) is 3.99. The molecule has 1 aliphatic rings. The zero-order valence-electron chi connectivity index (χ0n) is 16.9. The summed E-state index contributed by atoms with van der Waals surface area (Å²) < 4.78 is 2.17. The fourth-order valence-electron chi connectivity index (χ4n) is 3.60. The van der Waals surface area contributed by atoms with Gasteiger partial charge >= 0.3 is 0 Å². The number of fused-ring (bicyclic) bond motifs is 1. The number of thioether (sulfide) groups is 1. The molecule has 1 heterocycles. The van der Waals surface area contributed by atoms with Gasteiger partial charge in [-0.2, -0.15) is 0 Å². The average molecular weight is 448 g/mol. The largest absolute Gasteiger partial charge is 0.352 e. The predicted octanol–water partition coefficient (Wildman–Crippen LogP) is 5.85. The van der Waals surface area contributed by atoms with Gasteiger partial charge in [0.1, 0.15) is 5.25 Å². The Bertz CT molecular complexity index is 1210. The molecule has 1 amide bonds. The first-order chi connectivity index (χ1) is 15.2. The predicted molar refractivity (Wildman–Crippen MR) is 126 cm³/mol. The Hall–Kier alpha value is -2.76. The number of nitrogens with zero attached hydrogens (tertiary/aromatic N) is 2. The molecule has 1 fully saturated rings. The third kappa shape index (κ3) is 4.63. The quantitative estimate of drug-likeness (QED) is 0.361. The molecule has 3 aromatic carbocycles. The first kappa shape index (κ1) is 20.2. The molecule has 4 nitrogen and oxygen atoms in total. The fourth-order valence-corrected chi connectivity index (χ4v) is 4.89. The van der Waals surface area contributed by atoms with Gasteiger partial charge in [0.05, 0.1) is 17.6 Å². The summed E-state index contributed by atoms with van der Waals surface area (Å²) in [5.74, 6) is 0.0371. The van der Waals surface area contributed by atoms with Gasteiger partial charge in [-0.25, -0.2) is 4.98 Å². The minimum Gasteiger partial charge on any atom is -0.352 e. The van der Waals surface area contributed by atoms with E-state index in [2.05, 4.69) is 22.0 Å². The molecule has 0 aliphatic heterocycles. The highest BCUT2D eigenvalue weighted by Gasteiger charge is 2.30. The van der Waals surface area contributed by atoms with Crippen molar-refractivity contribution in [3.8, 4) is 0 Å². The van der Waals surface area contributed by atoms with Crippen molar-refractivity contribution in [2.75, 3.05) is 0 Å². The van der Waals surface area contributed by atoms with Gasteiger partial charge in [-0.1, -0.05) is 84.0 Å². The Balaban J connectivity index is 1.55. The van der Waals surface area contributed by atoms with E-state index in [0.717, 1.165) is 34.6 Å². The Morgan fingerprint density at radius 2 is 1.77 bits per heavy atom. The third-order valence-corrected chi connectivity index (χ3v) is 6.83. The second-order valence-electron chi connectivity index (χ2n) is 7.79. The van der Waals surface area contributed by atoms with E-state index in [0.29, 0.717) is 17.6 Å². The second-order valence-corrected chi connectivity index (χ2v) is 9.30. The van der Waals surface area contributed by atoms with Crippen LogP contribution >= 0.6 is 23.4 Å². The molecule has 6 heteroatoms. The van der Waals surface area contributed by atoms with Gasteiger partial charge in [0.15, 0.2) is 5.16 Å². The van der Waals surface area contributed by atoms with Crippen LogP contribution in [0.4, 0.5) is 0 Å². The summed E-state index contributed by atoms with van der Waals surface area (Å²) in [6, 6.07) is 26.3. The Morgan fingerprint density at radius 1 is 1.06 bits per heavy atom. The highest BCUT2D eigenvalue weighted by molar-refractivity contribution is 8.00. The topological polar surface area (TPSA) is 46.9 Å². The normalized spacial score (nSPS) is 14.5. The van der Waals surface area contributed by atoms with Crippen LogP contribution < -0.4 is 5.32 Å². The molecule has 1 aromatic heterocycles.